The molecule has 3 aromatic carbocycles. The largest absolute Gasteiger partial charge is 0.508 e. The number of nitrogens with one attached hydrogen (secondary N) is 8. The summed E-state index contributed by atoms with van der Waals surface area (Å²) in [6.45, 7) is 5.01. The third kappa shape index (κ3) is 24.3. The summed E-state index contributed by atoms with van der Waals surface area (Å²) in [7, 11) is 0. The Morgan fingerprint density at radius 1 is 0.427 bits per heavy atom. The Morgan fingerprint density at radius 2 is 0.744 bits per heavy atom. The van der Waals surface area contributed by atoms with Gasteiger partial charge in [-0.1, -0.05) is 68.4 Å². The minimum absolute atomic E-state index is 0.0869. The van der Waals surface area contributed by atoms with Crippen LogP contribution in [0.25, 0.3) is 0 Å². The van der Waals surface area contributed by atoms with Gasteiger partial charge < -0.3 is 80.2 Å². The zero-order valence-corrected chi connectivity index (χ0v) is 46.3. The van der Waals surface area contributed by atoms with Crippen LogP contribution in [0.5, 0.6) is 11.5 Å². The Morgan fingerprint density at radius 3 is 1.11 bits per heavy atom. The van der Waals surface area contributed by atoms with Crippen LogP contribution in [0.1, 0.15) is 82.4 Å². The Balaban J connectivity index is 1.98. The number of aliphatic carboxylic acids is 2. The van der Waals surface area contributed by atoms with Crippen LogP contribution in [0, 0.1) is 5.92 Å². The van der Waals surface area contributed by atoms with Gasteiger partial charge in [0.25, 0.3) is 0 Å². The maximum Gasteiger partial charge on any atom is 0.326 e. The molecule has 28 heteroatoms. The highest BCUT2D eigenvalue weighted by Gasteiger charge is 2.36. The predicted molar refractivity (Wildman–Crippen MR) is 298 cm³/mol. The molecule has 0 heterocycles. The summed E-state index contributed by atoms with van der Waals surface area (Å²) < 4.78 is 0. The van der Waals surface area contributed by atoms with Gasteiger partial charge in [-0.2, -0.15) is 12.6 Å². The van der Waals surface area contributed by atoms with E-state index in [4.69, 9.17) is 17.2 Å². The van der Waals surface area contributed by atoms with E-state index >= 15 is 0 Å². The van der Waals surface area contributed by atoms with Gasteiger partial charge in [0, 0.05) is 44.3 Å². The number of thiol groups is 1. The summed E-state index contributed by atoms with van der Waals surface area (Å²) >= 11 is 4.15. The summed E-state index contributed by atoms with van der Waals surface area (Å²) in [6, 6.07) is 5.60. The van der Waals surface area contributed by atoms with Gasteiger partial charge in [-0.05, 0) is 79.5 Å². The molecule has 18 N–H and O–H groups in total. The van der Waals surface area contributed by atoms with E-state index in [0.717, 1.165) is 0 Å². The molecule has 0 aromatic heterocycles. The van der Waals surface area contributed by atoms with Crippen molar-refractivity contribution in [2.75, 3.05) is 5.75 Å². The monoisotopic (exact) mass is 1160 g/mol. The number of primary amides is 2. The van der Waals surface area contributed by atoms with Crippen molar-refractivity contribution in [1.82, 2.24) is 42.5 Å². The molecular weight excluding hydrogens is 1090 g/mol. The molecule has 0 aliphatic carbocycles. The van der Waals surface area contributed by atoms with Crippen molar-refractivity contribution in [2.24, 2.45) is 23.1 Å². The van der Waals surface area contributed by atoms with Crippen LogP contribution in [0.15, 0.2) is 78.9 Å². The zero-order valence-electron chi connectivity index (χ0n) is 45.4. The maximum atomic E-state index is 14.4. The van der Waals surface area contributed by atoms with Crippen molar-refractivity contribution >= 4 is 83.6 Å². The van der Waals surface area contributed by atoms with Crippen molar-refractivity contribution in [3.8, 4) is 11.5 Å². The highest BCUT2D eigenvalue weighted by molar-refractivity contribution is 7.80. The minimum atomic E-state index is -1.82. The quantitative estimate of drug-likeness (QED) is 0.0278. The van der Waals surface area contributed by atoms with E-state index in [2.05, 4.69) is 55.2 Å². The molecule has 3 aromatic rings. The number of phenolic OH excluding ortho intramolecular Hbond substituents is 2. The number of carbonyl (C=O) groups excluding carboxylic acids is 10. The van der Waals surface area contributed by atoms with Crippen LogP contribution in [-0.4, -0.2) is 152 Å². The third-order valence-corrected chi connectivity index (χ3v) is 12.8. The normalized spacial score (nSPS) is 14.3. The highest BCUT2D eigenvalue weighted by atomic mass is 32.1. The van der Waals surface area contributed by atoms with E-state index in [1.807, 2.05) is 0 Å². The van der Waals surface area contributed by atoms with Gasteiger partial charge in [-0.15, -0.1) is 0 Å². The topological polar surface area (TPSA) is 460 Å². The van der Waals surface area contributed by atoms with Gasteiger partial charge >= 0.3 is 11.9 Å². The Labute approximate surface area is 477 Å². The first kappa shape index (κ1) is 67.5. The zero-order chi connectivity index (χ0) is 61.2. The van der Waals surface area contributed by atoms with E-state index < -0.39 is 176 Å². The lowest BCUT2D eigenvalue weighted by atomic mass is 10.00. The second-order valence-corrected chi connectivity index (χ2v) is 20.2. The molecule has 0 unspecified atom stereocenters. The lowest BCUT2D eigenvalue weighted by molar-refractivity contribution is -0.142. The standard InChI is InChI=1S/C54H73N11O16S/c1-28(2)23-38(61-46(72)29(3)55)50(76)63-39(24-30-7-5-4-6-8-30)51(77)59-35(17-20-43(56)68)47(73)58-37(19-22-45(70)71)48(74)62-40(25-31-9-13-33(66)14-10-31)52(78)60-36(18-21-44(57)69)49(75)65-42(27-82)53(79)64-41(54(80)81)26-32-11-15-34(67)16-12-32/h4-16,28-29,35-42,66-67,82H,17-27,55H2,1-3H3,(H2,56,68)(H2,57,69)(H,58,73)(H,59,77)(H,60,78)(H,61,72)(H,62,74)(H,63,76)(H,64,79)(H,65,75)(H,70,71)(H,80,81)/t29-,35-,36-,37-,38-,39-,40-,41-,42-/m0/s1. The van der Waals surface area contributed by atoms with Crippen molar-refractivity contribution in [3.63, 3.8) is 0 Å². The summed E-state index contributed by atoms with van der Waals surface area (Å²) in [4.78, 5) is 159. The summed E-state index contributed by atoms with van der Waals surface area (Å²) in [5.74, 6) is -13.4. The number of carboxylic acid groups (broad SMARTS) is 2. The van der Waals surface area contributed by atoms with Gasteiger partial charge in [-0.25, -0.2) is 4.79 Å². The van der Waals surface area contributed by atoms with Gasteiger partial charge in [0.1, 0.15) is 59.8 Å². The van der Waals surface area contributed by atoms with Crippen LogP contribution in [0.3, 0.4) is 0 Å². The first-order chi connectivity index (χ1) is 38.6. The molecule has 0 spiro atoms. The highest BCUT2D eigenvalue weighted by Crippen LogP contribution is 2.16. The molecule has 446 valence electrons. The van der Waals surface area contributed by atoms with Crippen LogP contribution in [-0.2, 0) is 76.8 Å². The molecule has 10 amide bonds. The molecule has 9 atom stereocenters. The number of carbonyl (C=O) groups is 12. The molecule has 0 radical (unpaired) electrons. The number of nitrogens with two attached hydrogens (primary N) is 3. The van der Waals surface area contributed by atoms with Gasteiger partial charge in [0.2, 0.25) is 59.1 Å². The number of aromatic hydroxyl groups is 2. The Kier molecular flexibility index (Phi) is 27.7. The molecule has 0 saturated carbocycles. The lowest BCUT2D eigenvalue weighted by Gasteiger charge is -2.28. The number of amides is 10. The Hall–Kier alpha value is -8.79. The second-order valence-electron chi connectivity index (χ2n) is 19.8. The smallest absolute Gasteiger partial charge is 0.326 e. The third-order valence-electron chi connectivity index (χ3n) is 12.4. The molecule has 0 fully saturated rings. The number of phenols is 2. The van der Waals surface area contributed by atoms with Crippen LogP contribution in [0.2, 0.25) is 0 Å². The number of rotatable bonds is 35. The molecule has 0 aliphatic heterocycles. The molecule has 0 aliphatic rings. The molecule has 82 heavy (non-hydrogen) atoms. The number of hydrogen-bond donors (Lipinski definition) is 16. The van der Waals surface area contributed by atoms with Crippen LogP contribution < -0.4 is 59.7 Å². The number of hydrogen-bond acceptors (Lipinski definition) is 16. The second kappa shape index (κ2) is 33.7. The van der Waals surface area contributed by atoms with Crippen LogP contribution in [0.4, 0.5) is 0 Å². The van der Waals surface area contributed by atoms with E-state index in [0.29, 0.717) is 16.7 Å². The van der Waals surface area contributed by atoms with Crippen LogP contribution >= 0.6 is 12.6 Å². The van der Waals surface area contributed by atoms with Gasteiger partial charge in [0.15, 0.2) is 0 Å². The average Bonchev–Trinajstić information content (AvgIpc) is 3.46. The van der Waals surface area contributed by atoms with E-state index in [9.17, 15) is 78.0 Å². The fourth-order valence-electron chi connectivity index (χ4n) is 7.96. The predicted octanol–water partition coefficient (Wildman–Crippen LogP) is -2.19. The van der Waals surface area contributed by atoms with Gasteiger partial charge in [-0.3, -0.25) is 52.7 Å². The average molecular weight is 1160 g/mol. The molecule has 0 bridgehead atoms. The fraction of sp³-hybridized carbons (Fsp3) is 0.444. The number of benzene rings is 3. The molecular formula is C54H73N11O16S. The van der Waals surface area contributed by atoms with E-state index in [-0.39, 0.29) is 36.7 Å². The number of carboxylic acids is 2. The molecule has 0 saturated heterocycles. The van der Waals surface area contributed by atoms with Crippen molar-refractivity contribution in [1.29, 1.82) is 0 Å². The van der Waals surface area contributed by atoms with Crippen molar-refractivity contribution in [2.45, 2.75) is 139 Å². The fourth-order valence-corrected chi connectivity index (χ4v) is 8.21. The van der Waals surface area contributed by atoms with Crippen molar-refractivity contribution in [3.05, 3.63) is 95.6 Å². The minimum Gasteiger partial charge on any atom is -0.508 e. The first-order valence-electron chi connectivity index (χ1n) is 26.1. The Bertz CT molecular complexity index is 2720. The molecule has 27 nitrogen and oxygen atoms in total. The first-order valence-corrected chi connectivity index (χ1v) is 26.7. The summed E-state index contributed by atoms with van der Waals surface area (Å²) in [6.07, 6.45) is -4.04. The summed E-state index contributed by atoms with van der Waals surface area (Å²) in [5.41, 5.74) is 17.9. The molecule has 3 rings (SSSR count). The van der Waals surface area contributed by atoms with E-state index in [1.54, 1.807) is 44.2 Å². The van der Waals surface area contributed by atoms with Crippen molar-refractivity contribution < 1.29 is 78.0 Å². The van der Waals surface area contributed by atoms with E-state index in [1.165, 1.54) is 55.5 Å². The maximum absolute atomic E-state index is 14.4. The SMILES string of the molecule is CC(C)C[C@H](NC(=O)[C@H](C)N)C(=O)N[C@@H](Cc1ccccc1)C(=O)N[C@@H](CCC(N)=O)C(=O)N[C@@H](CCC(=O)O)C(=O)N[C@@H](Cc1ccc(O)cc1)C(=O)N[C@@H](CCC(N)=O)C(=O)N[C@@H](CS)C(=O)N[C@@H](Cc1ccc(O)cc1)C(=O)O. The lowest BCUT2D eigenvalue weighted by Crippen LogP contribution is -2.61. The summed E-state index contributed by atoms with van der Waals surface area (Å²) in [5, 5.41) is 58.9. The van der Waals surface area contributed by atoms with Gasteiger partial charge in [0.05, 0.1) is 6.04 Å².